The van der Waals surface area contributed by atoms with Crippen LogP contribution in [0.4, 0.5) is 0 Å². The van der Waals surface area contributed by atoms with Gasteiger partial charge in [0.1, 0.15) is 11.5 Å². The van der Waals surface area contributed by atoms with Gasteiger partial charge in [-0.25, -0.2) is 0 Å². The minimum Gasteiger partial charge on any atom is -0.508 e. The molecule has 0 amide bonds. The molecule has 0 bridgehead atoms. The lowest BCUT2D eigenvalue weighted by Gasteiger charge is -1.98. The number of phenols is 2. The van der Waals surface area contributed by atoms with Crippen molar-refractivity contribution in [3.63, 3.8) is 0 Å². The number of fused-ring (bicyclic) bond motifs is 1. The van der Waals surface area contributed by atoms with Gasteiger partial charge in [-0.05, 0) is 46.2 Å². The molecule has 0 heterocycles. The number of rotatable bonds is 2. The van der Waals surface area contributed by atoms with Crippen LogP contribution in [-0.4, -0.2) is 10.2 Å². The molecule has 0 aliphatic heterocycles. The van der Waals surface area contributed by atoms with Crippen molar-refractivity contribution in [2.45, 2.75) is 13.1 Å². The Morgan fingerprint density at radius 3 is 1.14 bits per heavy atom. The van der Waals surface area contributed by atoms with Crippen molar-refractivity contribution in [3.05, 3.63) is 108 Å². The van der Waals surface area contributed by atoms with Crippen LogP contribution in [0.3, 0.4) is 0 Å². The Labute approximate surface area is 165 Å². The molecule has 4 aromatic carbocycles. The summed E-state index contributed by atoms with van der Waals surface area (Å²) in [5.74, 6) is 0.487. The highest BCUT2D eigenvalue weighted by Crippen LogP contribution is 2.23. The Bertz CT molecular complexity index is 877. The number of phenolic OH excluding ortho intramolecular Hbond substituents is 2. The third-order valence-electron chi connectivity index (χ3n) is 3.96. The number of benzene rings is 4. The van der Waals surface area contributed by atoms with Gasteiger partial charge in [-0.2, -0.15) is 0 Å². The lowest BCUT2D eigenvalue weighted by atomic mass is 10.1. The van der Waals surface area contributed by atoms with Gasteiger partial charge in [-0.3, -0.25) is 0 Å². The molecule has 4 aromatic rings. The zero-order valence-electron chi connectivity index (χ0n) is 15.7. The van der Waals surface area contributed by atoms with Crippen LogP contribution in [-0.2, 0) is 13.1 Å². The summed E-state index contributed by atoms with van der Waals surface area (Å²) >= 11 is 0. The Balaban J connectivity index is 0.000000156. The number of hydrogen-bond donors (Lipinski definition) is 4. The van der Waals surface area contributed by atoms with Crippen LogP contribution in [0.15, 0.2) is 97.1 Å². The second-order valence-electron chi connectivity index (χ2n) is 6.10. The molecule has 0 saturated carbocycles. The number of hydrogen-bond acceptors (Lipinski definition) is 4. The molecule has 4 rings (SSSR count). The van der Waals surface area contributed by atoms with Gasteiger partial charge >= 0.3 is 0 Å². The molecule has 4 nitrogen and oxygen atoms in total. The van der Waals surface area contributed by atoms with E-state index in [2.05, 4.69) is 0 Å². The van der Waals surface area contributed by atoms with Crippen molar-refractivity contribution < 1.29 is 10.2 Å². The molecular formula is C24H26N2O2. The summed E-state index contributed by atoms with van der Waals surface area (Å²) in [7, 11) is 0. The Kier molecular flexibility index (Phi) is 8.53. The second kappa shape index (κ2) is 11.4. The molecule has 0 unspecified atom stereocenters. The Morgan fingerprint density at radius 1 is 0.500 bits per heavy atom. The van der Waals surface area contributed by atoms with Gasteiger partial charge in [0.05, 0.1) is 0 Å². The average molecular weight is 374 g/mol. The summed E-state index contributed by atoms with van der Waals surface area (Å²) in [6.45, 7) is 1.28. The van der Waals surface area contributed by atoms with Gasteiger partial charge in [0, 0.05) is 13.1 Å². The maximum absolute atomic E-state index is 9.14. The van der Waals surface area contributed by atoms with E-state index in [0.717, 1.165) is 10.8 Å². The van der Waals surface area contributed by atoms with Crippen molar-refractivity contribution >= 4 is 10.8 Å². The zero-order chi connectivity index (χ0) is 20.2. The lowest BCUT2D eigenvalue weighted by Crippen LogP contribution is -1.94. The second-order valence-corrected chi connectivity index (χ2v) is 6.10. The topological polar surface area (TPSA) is 92.5 Å². The third-order valence-corrected chi connectivity index (χ3v) is 3.96. The van der Waals surface area contributed by atoms with E-state index in [1.807, 2.05) is 60.7 Å². The molecule has 28 heavy (non-hydrogen) atoms. The molecule has 0 aliphatic carbocycles. The molecule has 0 saturated heterocycles. The fourth-order valence-electron chi connectivity index (χ4n) is 2.45. The van der Waals surface area contributed by atoms with Crippen molar-refractivity contribution in [1.29, 1.82) is 0 Å². The Hall–Kier alpha value is -3.34. The largest absolute Gasteiger partial charge is 0.508 e. The summed E-state index contributed by atoms with van der Waals surface area (Å²) < 4.78 is 0. The molecule has 0 aromatic heterocycles. The summed E-state index contributed by atoms with van der Waals surface area (Å²) in [6.07, 6.45) is 0. The maximum atomic E-state index is 9.14. The van der Waals surface area contributed by atoms with Crippen molar-refractivity contribution in [2.75, 3.05) is 0 Å². The van der Waals surface area contributed by atoms with Gasteiger partial charge in [-0.15, -0.1) is 0 Å². The first-order valence-corrected chi connectivity index (χ1v) is 9.02. The highest BCUT2D eigenvalue weighted by molar-refractivity contribution is 5.84. The van der Waals surface area contributed by atoms with Crippen LogP contribution in [0.25, 0.3) is 10.8 Å². The molecule has 4 heteroatoms. The van der Waals surface area contributed by atoms with Crippen LogP contribution < -0.4 is 11.5 Å². The molecule has 0 atom stereocenters. The minimum absolute atomic E-state index is 0.244. The first-order chi connectivity index (χ1) is 13.6. The molecule has 0 fully saturated rings. The zero-order valence-corrected chi connectivity index (χ0v) is 15.7. The first-order valence-electron chi connectivity index (χ1n) is 9.02. The molecule has 0 spiro atoms. The fraction of sp³-hybridized carbons (Fsp3) is 0.0833. The average Bonchev–Trinajstić information content (AvgIpc) is 2.76. The van der Waals surface area contributed by atoms with E-state index in [9.17, 15) is 0 Å². The van der Waals surface area contributed by atoms with Crippen molar-refractivity contribution in [3.8, 4) is 11.5 Å². The van der Waals surface area contributed by atoms with E-state index in [1.54, 1.807) is 36.4 Å². The maximum Gasteiger partial charge on any atom is 0.116 e. The van der Waals surface area contributed by atoms with E-state index in [-0.39, 0.29) is 11.5 Å². The highest BCUT2D eigenvalue weighted by atomic mass is 16.3. The minimum atomic E-state index is 0.244. The summed E-state index contributed by atoms with van der Waals surface area (Å²) in [4.78, 5) is 0. The number of aromatic hydroxyl groups is 2. The van der Waals surface area contributed by atoms with Crippen molar-refractivity contribution in [1.82, 2.24) is 0 Å². The first kappa shape index (κ1) is 21.0. The summed E-state index contributed by atoms with van der Waals surface area (Å²) in [5, 5.41) is 20.1. The van der Waals surface area contributed by atoms with Crippen LogP contribution in [0, 0.1) is 0 Å². The smallest absolute Gasteiger partial charge is 0.116 e. The van der Waals surface area contributed by atoms with Gasteiger partial charge in [0.2, 0.25) is 0 Å². The van der Waals surface area contributed by atoms with E-state index in [1.165, 1.54) is 11.1 Å². The lowest BCUT2D eigenvalue weighted by molar-refractivity contribution is 0.474. The number of nitrogens with two attached hydrogens (primary N) is 2. The predicted molar refractivity (Wildman–Crippen MR) is 116 cm³/mol. The van der Waals surface area contributed by atoms with Gasteiger partial charge < -0.3 is 21.7 Å². The SMILES string of the molecule is NCc1ccccc1.NCc1ccccc1.Oc1ccc2cc(O)ccc2c1. The summed E-state index contributed by atoms with van der Waals surface area (Å²) in [5.41, 5.74) is 13.1. The Morgan fingerprint density at radius 2 is 0.857 bits per heavy atom. The molecule has 144 valence electrons. The van der Waals surface area contributed by atoms with Gasteiger partial charge in [0.25, 0.3) is 0 Å². The normalized spacial score (nSPS) is 9.64. The van der Waals surface area contributed by atoms with E-state index >= 15 is 0 Å². The van der Waals surface area contributed by atoms with E-state index in [4.69, 9.17) is 21.7 Å². The van der Waals surface area contributed by atoms with Crippen molar-refractivity contribution in [2.24, 2.45) is 11.5 Å². The monoisotopic (exact) mass is 374 g/mol. The molecule has 0 aliphatic rings. The van der Waals surface area contributed by atoms with Crippen LogP contribution in [0.1, 0.15) is 11.1 Å². The summed E-state index contributed by atoms with van der Waals surface area (Å²) in [6, 6.07) is 30.0. The van der Waals surface area contributed by atoms with Crippen LogP contribution in [0.5, 0.6) is 11.5 Å². The molecular weight excluding hydrogens is 348 g/mol. The molecule has 0 radical (unpaired) electrons. The third kappa shape index (κ3) is 7.11. The van der Waals surface area contributed by atoms with Crippen LogP contribution >= 0.6 is 0 Å². The standard InChI is InChI=1S/C10H8O2.2C7H9N/c11-9-3-1-7-5-10(12)4-2-8(7)6-9;2*8-6-7-4-2-1-3-5-7/h1-6,11-12H;2*1-5H,6,8H2. The highest BCUT2D eigenvalue weighted by Gasteiger charge is 1.95. The van der Waals surface area contributed by atoms with Gasteiger partial charge in [0.15, 0.2) is 0 Å². The predicted octanol–water partition coefficient (Wildman–Crippen LogP) is 4.54. The van der Waals surface area contributed by atoms with E-state index < -0.39 is 0 Å². The quantitative estimate of drug-likeness (QED) is 0.414. The van der Waals surface area contributed by atoms with Crippen LogP contribution in [0.2, 0.25) is 0 Å². The van der Waals surface area contributed by atoms with E-state index in [0.29, 0.717) is 13.1 Å². The fourth-order valence-corrected chi connectivity index (χ4v) is 2.45. The van der Waals surface area contributed by atoms with Gasteiger partial charge in [-0.1, -0.05) is 72.8 Å². The molecule has 6 N–H and O–H groups in total.